The van der Waals surface area contributed by atoms with E-state index in [1.165, 1.54) is 7.05 Å². The van der Waals surface area contributed by atoms with Gasteiger partial charge in [-0.3, -0.25) is 14.4 Å². The van der Waals surface area contributed by atoms with Gasteiger partial charge in [0.05, 0.1) is 6.42 Å². The molecule has 1 heterocycles. The van der Waals surface area contributed by atoms with E-state index in [-0.39, 0.29) is 12.3 Å². The van der Waals surface area contributed by atoms with Crippen molar-refractivity contribution < 1.29 is 23.5 Å². The van der Waals surface area contributed by atoms with Crippen LogP contribution in [0.2, 0.25) is 0 Å². The van der Waals surface area contributed by atoms with Gasteiger partial charge in [-0.2, -0.15) is 0 Å². The molecule has 154 valence electrons. The first-order valence-corrected chi connectivity index (χ1v) is 9.47. The molecule has 0 radical (unpaired) electrons. The average molecular weight is 406 g/mol. The minimum atomic E-state index is -0.498. The number of benzene rings is 2. The lowest BCUT2D eigenvalue weighted by Crippen LogP contribution is -2.22. The highest BCUT2D eigenvalue weighted by Crippen LogP contribution is 2.22. The van der Waals surface area contributed by atoms with Crippen LogP contribution in [-0.4, -0.2) is 31.4 Å². The molecule has 0 fully saturated rings. The van der Waals surface area contributed by atoms with Crippen molar-refractivity contribution >= 4 is 23.5 Å². The van der Waals surface area contributed by atoms with E-state index in [1.54, 1.807) is 24.3 Å². The number of ether oxygens (including phenoxy) is 1. The maximum atomic E-state index is 12.0. The minimum absolute atomic E-state index is 0.0984. The van der Waals surface area contributed by atoms with Gasteiger partial charge < -0.3 is 19.8 Å². The van der Waals surface area contributed by atoms with Gasteiger partial charge in [-0.05, 0) is 30.3 Å². The molecule has 0 aliphatic heterocycles. The van der Waals surface area contributed by atoms with Gasteiger partial charge >= 0.3 is 5.97 Å². The van der Waals surface area contributed by atoms with Gasteiger partial charge in [-0.25, -0.2) is 0 Å². The third-order valence-electron chi connectivity index (χ3n) is 4.30. The second kappa shape index (κ2) is 10.1. The molecule has 30 heavy (non-hydrogen) atoms. The second-order valence-electron chi connectivity index (χ2n) is 6.50. The molecule has 1 aromatic heterocycles. The van der Waals surface area contributed by atoms with Crippen LogP contribution in [0.1, 0.15) is 22.5 Å². The molecular formula is C23H22N2O5. The first-order valence-electron chi connectivity index (χ1n) is 9.47. The smallest absolute Gasteiger partial charge is 0.306 e. The Hall–Kier alpha value is -3.87. The zero-order valence-corrected chi connectivity index (χ0v) is 16.5. The number of esters is 1. The van der Waals surface area contributed by atoms with Gasteiger partial charge in [0.2, 0.25) is 0 Å². The highest BCUT2D eigenvalue weighted by molar-refractivity contribution is 5.97. The van der Waals surface area contributed by atoms with Crippen LogP contribution < -0.4 is 10.6 Å². The first kappa shape index (κ1) is 20.9. The summed E-state index contributed by atoms with van der Waals surface area (Å²) in [5.41, 5.74) is 1.82. The lowest BCUT2D eigenvalue weighted by molar-refractivity contribution is -0.147. The van der Waals surface area contributed by atoms with Crippen LogP contribution in [0.3, 0.4) is 0 Å². The number of aryl methyl sites for hydroxylation is 1. The fraction of sp³-hybridized carbons (Fsp3) is 0.174. The van der Waals surface area contributed by atoms with E-state index in [0.717, 1.165) is 11.3 Å². The summed E-state index contributed by atoms with van der Waals surface area (Å²) in [6.07, 6.45) is 0.475. The molecule has 0 atom stereocenters. The molecule has 0 saturated carbocycles. The number of carbonyl (C=O) groups excluding carboxylic acids is 3. The number of hydrogen-bond acceptors (Lipinski definition) is 5. The summed E-state index contributed by atoms with van der Waals surface area (Å²) in [6.45, 7) is -0.406. The summed E-state index contributed by atoms with van der Waals surface area (Å²) < 4.78 is 10.8. The van der Waals surface area contributed by atoms with Gasteiger partial charge in [0.1, 0.15) is 11.5 Å². The SMILES string of the molecule is CNC(=O)c1cccc(NC(=O)COC(=O)CCc2ccc(-c3ccccc3)o2)c1. The van der Waals surface area contributed by atoms with E-state index in [4.69, 9.17) is 9.15 Å². The summed E-state index contributed by atoms with van der Waals surface area (Å²) >= 11 is 0. The Labute approximate surface area is 174 Å². The fourth-order valence-corrected chi connectivity index (χ4v) is 2.79. The fourth-order valence-electron chi connectivity index (χ4n) is 2.79. The molecule has 0 spiro atoms. The predicted molar refractivity (Wildman–Crippen MR) is 112 cm³/mol. The summed E-state index contributed by atoms with van der Waals surface area (Å²) in [7, 11) is 1.53. The molecule has 3 rings (SSSR count). The normalized spacial score (nSPS) is 10.3. The van der Waals surface area contributed by atoms with Crippen LogP contribution in [0.4, 0.5) is 5.69 Å². The van der Waals surface area contributed by atoms with Crippen molar-refractivity contribution in [2.75, 3.05) is 19.0 Å². The molecule has 0 unspecified atom stereocenters. The van der Waals surface area contributed by atoms with Crippen LogP contribution in [0.15, 0.2) is 71.1 Å². The average Bonchev–Trinajstić information content (AvgIpc) is 3.25. The van der Waals surface area contributed by atoms with Crippen molar-refractivity contribution in [2.45, 2.75) is 12.8 Å². The van der Waals surface area contributed by atoms with Gasteiger partial charge in [0.15, 0.2) is 6.61 Å². The molecule has 0 saturated heterocycles. The van der Waals surface area contributed by atoms with Gasteiger partial charge in [-0.1, -0.05) is 36.4 Å². The number of nitrogens with one attached hydrogen (secondary N) is 2. The number of amides is 2. The third kappa shape index (κ3) is 5.81. The maximum Gasteiger partial charge on any atom is 0.306 e. The van der Waals surface area contributed by atoms with Crippen LogP contribution in [0.25, 0.3) is 11.3 Å². The van der Waals surface area contributed by atoms with Crippen molar-refractivity contribution in [3.05, 3.63) is 78.1 Å². The van der Waals surface area contributed by atoms with Crippen molar-refractivity contribution in [1.29, 1.82) is 0 Å². The van der Waals surface area contributed by atoms with Crippen LogP contribution >= 0.6 is 0 Å². The maximum absolute atomic E-state index is 12.0. The Bertz CT molecular complexity index is 1030. The van der Waals surface area contributed by atoms with Crippen LogP contribution in [0.5, 0.6) is 0 Å². The van der Waals surface area contributed by atoms with E-state index < -0.39 is 18.5 Å². The number of anilines is 1. The highest BCUT2D eigenvalue weighted by atomic mass is 16.5. The standard InChI is InChI=1S/C23H22N2O5/c1-24-23(28)17-8-5-9-18(14-17)25-21(26)15-29-22(27)13-11-19-10-12-20(30-19)16-6-3-2-4-7-16/h2-10,12,14H,11,13,15H2,1H3,(H,24,28)(H,25,26). The van der Waals surface area contributed by atoms with Gasteiger partial charge in [-0.15, -0.1) is 0 Å². The Balaban J connectivity index is 1.43. The van der Waals surface area contributed by atoms with E-state index in [9.17, 15) is 14.4 Å². The largest absolute Gasteiger partial charge is 0.461 e. The third-order valence-corrected chi connectivity index (χ3v) is 4.30. The number of hydrogen-bond donors (Lipinski definition) is 2. The lowest BCUT2D eigenvalue weighted by atomic mass is 10.2. The molecule has 7 heteroatoms. The predicted octanol–water partition coefficient (Wildman–Crippen LogP) is 3.42. The molecule has 3 aromatic rings. The molecule has 2 aromatic carbocycles. The summed E-state index contributed by atoms with van der Waals surface area (Å²) in [6, 6.07) is 19.8. The minimum Gasteiger partial charge on any atom is -0.461 e. The van der Waals surface area contributed by atoms with Crippen LogP contribution in [-0.2, 0) is 20.7 Å². The molecule has 0 bridgehead atoms. The van der Waals surface area contributed by atoms with E-state index in [2.05, 4.69) is 10.6 Å². The second-order valence-corrected chi connectivity index (χ2v) is 6.50. The van der Waals surface area contributed by atoms with E-state index in [1.807, 2.05) is 42.5 Å². The Morgan fingerprint density at radius 3 is 2.53 bits per heavy atom. The first-order chi connectivity index (χ1) is 14.5. The Kier molecular flexibility index (Phi) is 7.00. The van der Waals surface area contributed by atoms with Crippen molar-refractivity contribution in [3.63, 3.8) is 0 Å². The Morgan fingerprint density at radius 1 is 0.967 bits per heavy atom. The number of carbonyl (C=O) groups is 3. The van der Waals surface area contributed by atoms with E-state index in [0.29, 0.717) is 23.4 Å². The van der Waals surface area contributed by atoms with Gasteiger partial charge in [0, 0.05) is 30.3 Å². The molecule has 0 aliphatic carbocycles. The zero-order chi connectivity index (χ0) is 21.3. The quantitative estimate of drug-likeness (QED) is 0.559. The summed E-state index contributed by atoms with van der Waals surface area (Å²) in [5, 5.41) is 5.11. The molecule has 2 amide bonds. The van der Waals surface area contributed by atoms with E-state index >= 15 is 0 Å². The molecular weight excluding hydrogens is 384 g/mol. The molecule has 2 N–H and O–H groups in total. The van der Waals surface area contributed by atoms with Crippen molar-refractivity contribution in [1.82, 2.24) is 5.32 Å². The number of rotatable bonds is 8. The van der Waals surface area contributed by atoms with Crippen molar-refractivity contribution in [3.8, 4) is 11.3 Å². The molecule has 7 nitrogen and oxygen atoms in total. The summed E-state index contributed by atoms with van der Waals surface area (Å²) in [5.74, 6) is 0.160. The highest BCUT2D eigenvalue weighted by Gasteiger charge is 2.11. The Morgan fingerprint density at radius 2 is 1.77 bits per heavy atom. The summed E-state index contributed by atoms with van der Waals surface area (Å²) in [4.78, 5) is 35.6. The van der Waals surface area contributed by atoms with Gasteiger partial charge in [0.25, 0.3) is 11.8 Å². The molecule has 0 aliphatic rings. The zero-order valence-electron chi connectivity index (χ0n) is 16.5. The topological polar surface area (TPSA) is 97.6 Å². The van der Waals surface area contributed by atoms with Crippen molar-refractivity contribution in [2.24, 2.45) is 0 Å². The monoisotopic (exact) mass is 406 g/mol. The van der Waals surface area contributed by atoms with Crippen LogP contribution in [0, 0.1) is 0 Å². The lowest BCUT2D eigenvalue weighted by Gasteiger charge is -2.08. The number of furan rings is 1.